The van der Waals surface area contributed by atoms with Crippen molar-refractivity contribution in [3.63, 3.8) is 0 Å². The minimum Gasteiger partial charge on any atom is -0.390 e. The molecule has 25 heavy (non-hydrogen) atoms. The van der Waals surface area contributed by atoms with Gasteiger partial charge in [0.05, 0.1) is 18.3 Å². The quantitative estimate of drug-likeness (QED) is 0.390. The number of nitrogens with one attached hydrogen (secondary N) is 1. The number of allylic oxidation sites excluding steroid dienone is 1. The van der Waals surface area contributed by atoms with E-state index >= 15 is 0 Å². The van der Waals surface area contributed by atoms with Gasteiger partial charge in [-0.2, -0.15) is 0 Å². The fraction of sp³-hybridized carbons (Fsp3) is 0.842. The van der Waals surface area contributed by atoms with E-state index < -0.39 is 18.5 Å². The summed E-state index contributed by atoms with van der Waals surface area (Å²) in [4.78, 5) is 11.6. The second-order valence-electron chi connectivity index (χ2n) is 6.86. The third-order valence-electron chi connectivity index (χ3n) is 4.39. The highest BCUT2D eigenvalue weighted by Crippen LogP contribution is 2.22. The fourth-order valence-electron chi connectivity index (χ4n) is 2.71. The zero-order valence-corrected chi connectivity index (χ0v) is 15.8. The highest BCUT2D eigenvalue weighted by atomic mass is 16.7. The van der Waals surface area contributed by atoms with E-state index in [0.717, 1.165) is 25.8 Å². The number of carbonyl (C=O) groups is 1. The van der Waals surface area contributed by atoms with Crippen molar-refractivity contribution in [3.8, 4) is 0 Å². The summed E-state index contributed by atoms with van der Waals surface area (Å²) in [5, 5.41) is 22.4. The maximum Gasteiger partial charge on any atom is 0.243 e. The molecule has 0 saturated carbocycles. The molecule has 6 heteroatoms. The van der Waals surface area contributed by atoms with Gasteiger partial charge in [0.1, 0.15) is 6.10 Å². The topological polar surface area (TPSA) is 88.0 Å². The van der Waals surface area contributed by atoms with Crippen molar-refractivity contribution < 1.29 is 24.5 Å². The molecule has 6 nitrogen and oxygen atoms in total. The molecule has 1 rings (SSSR count). The molecule has 0 aliphatic carbocycles. The largest absolute Gasteiger partial charge is 0.390 e. The van der Waals surface area contributed by atoms with Gasteiger partial charge < -0.3 is 25.0 Å². The van der Waals surface area contributed by atoms with Gasteiger partial charge >= 0.3 is 0 Å². The van der Waals surface area contributed by atoms with Crippen molar-refractivity contribution in [1.82, 2.24) is 5.32 Å². The van der Waals surface area contributed by atoms with Gasteiger partial charge in [-0.3, -0.25) is 4.79 Å². The summed E-state index contributed by atoms with van der Waals surface area (Å²) >= 11 is 0. The Kier molecular flexibility index (Phi) is 11.0. The molecule has 1 fully saturated rings. The van der Waals surface area contributed by atoms with Crippen LogP contribution in [0.25, 0.3) is 0 Å². The number of hydrogen-bond donors (Lipinski definition) is 3. The lowest BCUT2D eigenvalue weighted by Gasteiger charge is -2.36. The van der Waals surface area contributed by atoms with E-state index in [1.54, 1.807) is 13.0 Å². The number of ether oxygens (including phenoxy) is 2. The van der Waals surface area contributed by atoms with Crippen molar-refractivity contribution in [2.24, 2.45) is 0 Å². The minimum absolute atomic E-state index is 0.0566. The van der Waals surface area contributed by atoms with Gasteiger partial charge in [0, 0.05) is 13.0 Å². The monoisotopic (exact) mass is 357 g/mol. The van der Waals surface area contributed by atoms with Crippen molar-refractivity contribution in [3.05, 3.63) is 12.2 Å². The molecular weight excluding hydrogens is 322 g/mol. The summed E-state index contributed by atoms with van der Waals surface area (Å²) in [6, 6.07) is 0. The summed E-state index contributed by atoms with van der Waals surface area (Å²) in [5.74, 6) is -0.0566. The zero-order valence-electron chi connectivity index (χ0n) is 15.8. The summed E-state index contributed by atoms with van der Waals surface area (Å²) in [5.41, 5.74) is 0. The Morgan fingerprint density at radius 3 is 2.80 bits per heavy atom. The zero-order chi connectivity index (χ0) is 18.7. The SMILES string of the molecule is CCCCCCNC(=O)/C=C/CC[C@@H](C)O[C@@H]1O[C@@H](C)C(O)C[C@H]1O. The first-order chi connectivity index (χ1) is 11.9. The molecule has 0 aromatic heterocycles. The number of unbranched alkanes of at least 4 members (excludes halogenated alkanes) is 3. The van der Waals surface area contributed by atoms with Crippen LogP contribution in [0.4, 0.5) is 0 Å². The third kappa shape index (κ3) is 9.35. The number of amides is 1. The first-order valence-corrected chi connectivity index (χ1v) is 9.55. The van der Waals surface area contributed by atoms with Crippen LogP contribution in [0.1, 0.15) is 65.7 Å². The molecular formula is C19H35NO5. The van der Waals surface area contributed by atoms with E-state index in [-0.39, 0.29) is 24.5 Å². The lowest BCUT2D eigenvalue weighted by atomic mass is 10.0. The van der Waals surface area contributed by atoms with Gasteiger partial charge in [0.15, 0.2) is 6.29 Å². The Bertz CT molecular complexity index is 401. The molecule has 0 aromatic rings. The molecule has 3 N–H and O–H groups in total. The molecule has 1 aliphatic heterocycles. The van der Waals surface area contributed by atoms with Crippen molar-refractivity contribution in [2.45, 2.75) is 96.4 Å². The summed E-state index contributed by atoms with van der Waals surface area (Å²) in [7, 11) is 0. The molecule has 1 heterocycles. The van der Waals surface area contributed by atoms with E-state index in [1.807, 2.05) is 13.0 Å². The average Bonchev–Trinajstić information content (AvgIpc) is 2.56. The molecule has 146 valence electrons. The summed E-state index contributed by atoms with van der Waals surface area (Å²) in [6.45, 7) is 6.56. The van der Waals surface area contributed by atoms with Crippen molar-refractivity contribution >= 4 is 5.91 Å². The first kappa shape index (κ1) is 22.1. The van der Waals surface area contributed by atoms with Crippen LogP contribution in [0.2, 0.25) is 0 Å². The highest BCUT2D eigenvalue weighted by Gasteiger charge is 2.35. The summed E-state index contributed by atoms with van der Waals surface area (Å²) in [6.07, 6.45) is 7.05. The Morgan fingerprint density at radius 1 is 1.32 bits per heavy atom. The predicted molar refractivity (Wildman–Crippen MR) is 97.0 cm³/mol. The summed E-state index contributed by atoms with van der Waals surface area (Å²) < 4.78 is 11.2. The Balaban J connectivity index is 2.15. The second-order valence-corrected chi connectivity index (χ2v) is 6.86. The lowest BCUT2D eigenvalue weighted by molar-refractivity contribution is -0.273. The van der Waals surface area contributed by atoms with Gasteiger partial charge in [-0.25, -0.2) is 0 Å². The molecule has 0 bridgehead atoms. The maximum absolute atomic E-state index is 11.6. The predicted octanol–water partition coefficient (Wildman–Crippen LogP) is 2.28. The molecule has 0 radical (unpaired) electrons. The van der Waals surface area contributed by atoms with Crippen LogP contribution in [0.3, 0.4) is 0 Å². The minimum atomic E-state index is -0.817. The normalized spacial score (nSPS) is 28.2. The van der Waals surface area contributed by atoms with Crippen molar-refractivity contribution in [1.29, 1.82) is 0 Å². The van der Waals surface area contributed by atoms with Gasteiger partial charge in [-0.15, -0.1) is 0 Å². The standard InChI is InChI=1S/C19H35NO5/c1-4-5-6-9-12-20-18(23)11-8-7-10-14(2)24-19-17(22)13-16(21)15(3)25-19/h8,11,14-17,19,21-22H,4-7,9-10,12-13H2,1-3H3,(H,20,23)/b11-8+/t14-,15+,16?,17-,19-/m1/s1. The molecule has 0 aromatic carbocycles. The van der Waals surface area contributed by atoms with Crippen LogP contribution in [0.5, 0.6) is 0 Å². The highest BCUT2D eigenvalue weighted by molar-refractivity contribution is 5.87. The second kappa shape index (κ2) is 12.4. The van der Waals surface area contributed by atoms with Crippen LogP contribution in [0, 0.1) is 0 Å². The number of rotatable bonds is 11. The van der Waals surface area contributed by atoms with E-state index in [1.165, 1.54) is 12.8 Å². The van der Waals surface area contributed by atoms with Crippen LogP contribution in [-0.2, 0) is 14.3 Å². The number of carbonyl (C=O) groups excluding carboxylic acids is 1. The van der Waals surface area contributed by atoms with Gasteiger partial charge in [0.25, 0.3) is 0 Å². The molecule has 1 aliphatic rings. The van der Waals surface area contributed by atoms with E-state index in [2.05, 4.69) is 12.2 Å². The number of aliphatic hydroxyl groups excluding tert-OH is 2. The number of hydrogen-bond acceptors (Lipinski definition) is 5. The Morgan fingerprint density at radius 2 is 2.08 bits per heavy atom. The molecule has 1 amide bonds. The van der Waals surface area contributed by atoms with Gasteiger partial charge in [-0.05, 0) is 39.2 Å². The van der Waals surface area contributed by atoms with Crippen LogP contribution >= 0.6 is 0 Å². The Hall–Kier alpha value is -0.950. The van der Waals surface area contributed by atoms with Crippen LogP contribution < -0.4 is 5.32 Å². The van der Waals surface area contributed by atoms with Crippen LogP contribution in [0.15, 0.2) is 12.2 Å². The third-order valence-corrected chi connectivity index (χ3v) is 4.39. The van der Waals surface area contributed by atoms with Crippen LogP contribution in [-0.4, -0.2) is 53.4 Å². The smallest absolute Gasteiger partial charge is 0.243 e. The van der Waals surface area contributed by atoms with E-state index in [4.69, 9.17) is 9.47 Å². The van der Waals surface area contributed by atoms with Gasteiger partial charge in [0.2, 0.25) is 5.91 Å². The van der Waals surface area contributed by atoms with Gasteiger partial charge in [-0.1, -0.05) is 32.3 Å². The molecule has 1 saturated heterocycles. The van der Waals surface area contributed by atoms with E-state index in [9.17, 15) is 15.0 Å². The Labute approximate surface area is 151 Å². The number of aliphatic hydroxyl groups is 2. The first-order valence-electron chi connectivity index (χ1n) is 9.55. The molecule has 1 unspecified atom stereocenters. The van der Waals surface area contributed by atoms with E-state index in [0.29, 0.717) is 6.42 Å². The van der Waals surface area contributed by atoms with Crippen molar-refractivity contribution in [2.75, 3.05) is 6.54 Å². The maximum atomic E-state index is 11.6. The molecule has 5 atom stereocenters. The average molecular weight is 357 g/mol. The lowest BCUT2D eigenvalue weighted by Crippen LogP contribution is -2.48. The molecule has 0 spiro atoms. The fourth-order valence-corrected chi connectivity index (χ4v) is 2.71.